The van der Waals surface area contributed by atoms with E-state index in [0.29, 0.717) is 5.56 Å². The number of aromatic nitrogens is 1. The van der Waals surface area contributed by atoms with Gasteiger partial charge in [0.1, 0.15) is 0 Å². The van der Waals surface area contributed by atoms with E-state index in [9.17, 15) is 4.79 Å². The fraction of sp³-hybridized carbons (Fsp3) is 0.0526. The average Bonchev–Trinajstić information content (AvgIpc) is 2.60. The number of pyridine rings is 1. The van der Waals surface area contributed by atoms with E-state index in [2.05, 4.69) is 17.6 Å². The van der Waals surface area contributed by atoms with Crippen molar-refractivity contribution in [2.75, 3.05) is 7.11 Å². The van der Waals surface area contributed by atoms with E-state index in [1.807, 2.05) is 36.4 Å². The molecule has 0 aliphatic rings. The van der Waals surface area contributed by atoms with Crippen LogP contribution in [-0.2, 0) is 4.74 Å². The van der Waals surface area contributed by atoms with Crippen molar-refractivity contribution in [1.82, 2.24) is 4.98 Å². The van der Waals surface area contributed by atoms with Crippen LogP contribution in [0.4, 0.5) is 0 Å². The second kappa shape index (κ2) is 5.82. The van der Waals surface area contributed by atoms with Gasteiger partial charge in [-0.25, -0.2) is 4.79 Å². The highest BCUT2D eigenvalue weighted by atomic mass is 16.5. The van der Waals surface area contributed by atoms with Crippen molar-refractivity contribution in [3.63, 3.8) is 0 Å². The van der Waals surface area contributed by atoms with Crippen molar-refractivity contribution < 1.29 is 9.53 Å². The Labute approximate surface area is 128 Å². The average molecular weight is 289 g/mol. The van der Waals surface area contributed by atoms with Crippen LogP contribution in [0, 0.1) is 0 Å². The van der Waals surface area contributed by atoms with E-state index in [-0.39, 0.29) is 5.97 Å². The lowest BCUT2D eigenvalue weighted by molar-refractivity contribution is 0.0601. The molecule has 0 aliphatic heterocycles. The van der Waals surface area contributed by atoms with Gasteiger partial charge in [0.2, 0.25) is 0 Å². The summed E-state index contributed by atoms with van der Waals surface area (Å²) in [6.07, 6.45) is 3.54. The number of rotatable bonds is 3. The molecule has 0 fully saturated rings. The summed E-state index contributed by atoms with van der Waals surface area (Å²) in [5.74, 6) is -0.328. The number of benzene rings is 2. The van der Waals surface area contributed by atoms with Crippen LogP contribution in [-0.4, -0.2) is 18.1 Å². The molecule has 3 rings (SSSR count). The van der Waals surface area contributed by atoms with Gasteiger partial charge in [0, 0.05) is 12.4 Å². The molecule has 0 saturated heterocycles. The Balaban J connectivity index is 2.00. The zero-order valence-corrected chi connectivity index (χ0v) is 12.2. The van der Waals surface area contributed by atoms with Crippen LogP contribution in [0.2, 0.25) is 0 Å². The summed E-state index contributed by atoms with van der Waals surface area (Å²) in [4.78, 5) is 15.7. The number of ether oxygens (including phenoxy) is 1. The molecule has 0 aliphatic carbocycles. The molecule has 0 unspecified atom stereocenters. The lowest BCUT2D eigenvalue weighted by Gasteiger charge is -2.08. The maximum atomic E-state index is 11.6. The fourth-order valence-corrected chi connectivity index (χ4v) is 2.39. The third kappa shape index (κ3) is 2.61. The third-order valence-corrected chi connectivity index (χ3v) is 3.62. The molecule has 2 aromatic carbocycles. The largest absolute Gasteiger partial charge is 0.465 e. The van der Waals surface area contributed by atoms with Crippen LogP contribution in [0.1, 0.15) is 21.5 Å². The highest BCUT2D eigenvalue weighted by Crippen LogP contribution is 2.25. The molecule has 1 heterocycles. The Morgan fingerprint density at radius 2 is 1.68 bits per heavy atom. The minimum atomic E-state index is -0.328. The van der Waals surface area contributed by atoms with Crippen LogP contribution in [0.15, 0.2) is 67.5 Å². The first-order valence-corrected chi connectivity index (χ1v) is 6.91. The highest BCUT2D eigenvalue weighted by Gasteiger charge is 2.07. The molecule has 0 bridgehead atoms. The molecule has 108 valence electrons. The Morgan fingerprint density at radius 3 is 2.32 bits per heavy atom. The predicted octanol–water partition coefficient (Wildman–Crippen LogP) is 4.08. The standard InChI is InChI=1S/C19H15NO2/c1-13(18-4-3-9-20-12-18)14-5-6-16-11-17(19(21)22-2)8-7-15(16)10-14/h3-12H,1H2,2H3. The summed E-state index contributed by atoms with van der Waals surface area (Å²) in [6, 6.07) is 15.4. The van der Waals surface area contributed by atoms with E-state index in [0.717, 1.165) is 27.5 Å². The van der Waals surface area contributed by atoms with E-state index in [1.54, 1.807) is 18.5 Å². The van der Waals surface area contributed by atoms with Crippen molar-refractivity contribution in [2.24, 2.45) is 0 Å². The first-order chi connectivity index (χ1) is 10.7. The highest BCUT2D eigenvalue weighted by molar-refractivity contribution is 5.96. The first kappa shape index (κ1) is 14.0. The molecule has 0 N–H and O–H groups in total. The molecule has 0 amide bonds. The molecule has 0 spiro atoms. The Kier molecular flexibility index (Phi) is 3.71. The van der Waals surface area contributed by atoms with Crippen molar-refractivity contribution in [1.29, 1.82) is 0 Å². The quantitative estimate of drug-likeness (QED) is 0.682. The van der Waals surface area contributed by atoms with Crippen LogP contribution in [0.3, 0.4) is 0 Å². The number of fused-ring (bicyclic) bond motifs is 1. The lowest BCUT2D eigenvalue weighted by Crippen LogP contribution is -2.00. The number of hydrogen-bond donors (Lipinski definition) is 0. The summed E-state index contributed by atoms with van der Waals surface area (Å²) < 4.78 is 4.74. The van der Waals surface area contributed by atoms with E-state index >= 15 is 0 Å². The molecule has 22 heavy (non-hydrogen) atoms. The summed E-state index contributed by atoms with van der Waals surface area (Å²) in [7, 11) is 1.38. The number of methoxy groups -OCH3 is 1. The van der Waals surface area contributed by atoms with Crippen LogP contribution < -0.4 is 0 Å². The second-order valence-electron chi connectivity index (χ2n) is 4.99. The topological polar surface area (TPSA) is 39.2 Å². The fourth-order valence-electron chi connectivity index (χ4n) is 2.39. The number of esters is 1. The number of carbonyl (C=O) groups is 1. The van der Waals surface area contributed by atoms with Gasteiger partial charge in [0.05, 0.1) is 12.7 Å². The maximum absolute atomic E-state index is 11.6. The van der Waals surface area contributed by atoms with Crippen LogP contribution >= 0.6 is 0 Å². The zero-order valence-electron chi connectivity index (χ0n) is 12.2. The lowest BCUT2D eigenvalue weighted by atomic mass is 9.97. The van der Waals surface area contributed by atoms with Gasteiger partial charge in [-0.15, -0.1) is 0 Å². The van der Waals surface area contributed by atoms with E-state index < -0.39 is 0 Å². The van der Waals surface area contributed by atoms with Gasteiger partial charge in [0.15, 0.2) is 0 Å². The minimum Gasteiger partial charge on any atom is -0.465 e. The molecule has 3 aromatic rings. The van der Waals surface area contributed by atoms with Crippen molar-refractivity contribution in [3.05, 3.63) is 84.2 Å². The maximum Gasteiger partial charge on any atom is 0.337 e. The summed E-state index contributed by atoms with van der Waals surface area (Å²) in [5.41, 5.74) is 3.50. The van der Waals surface area contributed by atoms with E-state index in [4.69, 9.17) is 4.74 Å². The SMILES string of the molecule is C=C(c1cccnc1)c1ccc2cc(C(=O)OC)ccc2c1. The van der Waals surface area contributed by atoms with Gasteiger partial charge in [-0.3, -0.25) is 4.98 Å². The summed E-state index contributed by atoms with van der Waals surface area (Å²) >= 11 is 0. The van der Waals surface area contributed by atoms with Crippen molar-refractivity contribution in [3.8, 4) is 0 Å². The monoisotopic (exact) mass is 289 g/mol. The number of nitrogens with zero attached hydrogens (tertiary/aromatic N) is 1. The predicted molar refractivity (Wildman–Crippen MR) is 87.7 cm³/mol. The van der Waals surface area contributed by atoms with Gasteiger partial charge < -0.3 is 4.74 Å². The summed E-state index contributed by atoms with van der Waals surface area (Å²) in [5, 5.41) is 2.04. The van der Waals surface area contributed by atoms with Crippen molar-refractivity contribution in [2.45, 2.75) is 0 Å². The molecule has 0 saturated carbocycles. The zero-order chi connectivity index (χ0) is 15.5. The van der Waals surface area contributed by atoms with Gasteiger partial charge in [0.25, 0.3) is 0 Å². The molecule has 0 radical (unpaired) electrons. The van der Waals surface area contributed by atoms with E-state index in [1.165, 1.54) is 7.11 Å². The molecule has 1 aromatic heterocycles. The number of hydrogen-bond acceptors (Lipinski definition) is 3. The molecular weight excluding hydrogens is 274 g/mol. The number of carbonyl (C=O) groups excluding carboxylic acids is 1. The first-order valence-electron chi connectivity index (χ1n) is 6.91. The van der Waals surface area contributed by atoms with Gasteiger partial charge in [-0.2, -0.15) is 0 Å². The second-order valence-corrected chi connectivity index (χ2v) is 4.99. The normalized spacial score (nSPS) is 10.4. The Hall–Kier alpha value is -2.94. The van der Waals surface area contributed by atoms with Crippen LogP contribution in [0.25, 0.3) is 16.3 Å². The van der Waals surface area contributed by atoms with Crippen LogP contribution in [0.5, 0.6) is 0 Å². The molecular formula is C19H15NO2. The van der Waals surface area contributed by atoms with Crippen molar-refractivity contribution >= 4 is 22.3 Å². The Bertz CT molecular complexity index is 854. The summed E-state index contributed by atoms with van der Waals surface area (Å²) in [6.45, 7) is 4.15. The van der Waals surface area contributed by atoms with Gasteiger partial charge >= 0.3 is 5.97 Å². The molecule has 0 atom stereocenters. The van der Waals surface area contributed by atoms with Gasteiger partial charge in [-0.1, -0.05) is 30.8 Å². The molecule has 3 nitrogen and oxygen atoms in total. The third-order valence-electron chi connectivity index (χ3n) is 3.62. The minimum absolute atomic E-state index is 0.328. The Morgan fingerprint density at radius 1 is 1.00 bits per heavy atom. The molecule has 3 heteroatoms. The van der Waals surface area contributed by atoms with Gasteiger partial charge in [-0.05, 0) is 51.7 Å². The smallest absolute Gasteiger partial charge is 0.337 e.